The molecule has 1 aromatic rings. The molecule has 116 valence electrons. The van der Waals surface area contributed by atoms with Crippen LogP contribution >= 0.6 is 0 Å². The number of aromatic nitrogens is 2. The number of nitrogens with one attached hydrogen (secondary N) is 1. The van der Waals surface area contributed by atoms with Gasteiger partial charge in [-0.3, -0.25) is 0 Å². The number of nitrogens with two attached hydrogens (primary N) is 1. The summed E-state index contributed by atoms with van der Waals surface area (Å²) in [6, 6.07) is -1.88. The highest BCUT2D eigenvalue weighted by Crippen LogP contribution is 2.31. The van der Waals surface area contributed by atoms with Crippen LogP contribution < -0.4 is 11.1 Å². The maximum absolute atomic E-state index is 12.7. The van der Waals surface area contributed by atoms with E-state index in [1.165, 1.54) is 0 Å². The van der Waals surface area contributed by atoms with E-state index in [4.69, 9.17) is 5.73 Å². The van der Waals surface area contributed by atoms with Gasteiger partial charge in [0.05, 0.1) is 5.70 Å². The molecule has 0 bridgehead atoms. The molecule has 1 atom stereocenters. The number of rotatable bonds is 2. The van der Waals surface area contributed by atoms with E-state index in [9.17, 15) is 26.3 Å². The summed E-state index contributed by atoms with van der Waals surface area (Å²) < 4.78 is 76.2. The van der Waals surface area contributed by atoms with Crippen molar-refractivity contribution in [2.45, 2.75) is 24.9 Å². The normalized spacial score (nSPS) is 19.4. The fraction of sp³-hybridized carbons (Fsp3) is 0.364. The Kier molecular flexibility index (Phi) is 3.74. The maximum Gasteiger partial charge on any atom is 0.435 e. The molecule has 0 aromatic carbocycles. The summed E-state index contributed by atoms with van der Waals surface area (Å²) in [6.45, 7) is -0.384. The molecule has 1 aliphatic rings. The van der Waals surface area contributed by atoms with Gasteiger partial charge < -0.3 is 11.1 Å². The van der Waals surface area contributed by atoms with Crippen molar-refractivity contribution in [1.29, 1.82) is 0 Å². The molecule has 1 aromatic heterocycles. The van der Waals surface area contributed by atoms with Crippen LogP contribution in [0.5, 0.6) is 0 Å². The second-order valence-corrected chi connectivity index (χ2v) is 4.26. The molecule has 2 rings (SSSR count). The Bertz CT molecular complexity index is 581. The quantitative estimate of drug-likeness (QED) is 0.824. The summed E-state index contributed by atoms with van der Waals surface area (Å²) in [5, 5.41) is 5.38. The molecule has 4 nitrogen and oxygen atoms in total. The van der Waals surface area contributed by atoms with Gasteiger partial charge in [0.1, 0.15) is 6.04 Å². The van der Waals surface area contributed by atoms with Crippen molar-refractivity contribution in [2.75, 3.05) is 0 Å². The van der Waals surface area contributed by atoms with Gasteiger partial charge in [-0.25, -0.2) is 4.68 Å². The molecule has 10 heteroatoms. The maximum atomic E-state index is 12.7. The van der Waals surface area contributed by atoms with Gasteiger partial charge in [-0.2, -0.15) is 31.4 Å². The van der Waals surface area contributed by atoms with E-state index in [0.717, 1.165) is 29.2 Å². The average molecular weight is 312 g/mol. The lowest BCUT2D eigenvalue weighted by Gasteiger charge is -2.21. The van der Waals surface area contributed by atoms with Crippen molar-refractivity contribution >= 4 is 5.70 Å². The van der Waals surface area contributed by atoms with Crippen molar-refractivity contribution < 1.29 is 26.3 Å². The summed E-state index contributed by atoms with van der Waals surface area (Å²) in [5.41, 5.74) is 3.86. The molecule has 0 aliphatic carbocycles. The van der Waals surface area contributed by atoms with E-state index < -0.39 is 24.1 Å². The lowest BCUT2D eigenvalue weighted by molar-refractivity contribution is -0.142. The predicted octanol–water partition coefficient (Wildman–Crippen LogP) is 2.25. The van der Waals surface area contributed by atoms with E-state index in [1.807, 2.05) is 5.32 Å². The highest BCUT2D eigenvalue weighted by atomic mass is 19.4. The van der Waals surface area contributed by atoms with Crippen LogP contribution in [0, 0.1) is 0 Å². The molecule has 0 fully saturated rings. The standard InChI is InChI=1S/C11H10F6N4/c12-10(13,14)8-2-1-7(4-19-8)21-5-6(3-18)9(20-21)11(15,16)17/h1-2,4-5,8,19H,3,18H2. The molecule has 0 saturated carbocycles. The summed E-state index contributed by atoms with van der Waals surface area (Å²) in [4.78, 5) is 0. The van der Waals surface area contributed by atoms with Gasteiger partial charge in [0.2, 0.25) is 0 Å². The fourth-order valence-corrected chi connectivity index (χ4v) is 1.75. The number of dihydropyridines is 1. The minimum Gasteiger partial charge on any atom is -0.375 e. The van der Waals surface area contributed by atoms with Gasteiger partial charge in [0, 0.05) is 24.5 Å². The third-order valence-electron chi connectivity index (χ3n) is 2.77. The number of allylic oxidation sites excluding steroid dienone is 2. The zero-order valence-corrected chi connectivity index (χ0v) is 10.3. The minimum absolute atomic E-state index is 0.0423. The molecule has 0 saturated heterocycles. The first kappa shape index (κ1) is 15.4. The largest absolute Gasteiger partial charge is 0.435 e. The molecule has 2 heterocycles. The Labute approximate surface area is 114 Å². The Morgan fingerprint density at radius 3 is 2.29 bits per heavy atom. The second-order valence-electron chi connectivity index (χ2n) is 4.26. The van der Waals surface area contributed by atoms with Crippen LogP contribution in [0.1, 0.15) is 11.3 Å². The number of halogens is 6. The Morgan fingerprint density at radius 1 is 1.24 bits per heavy atom. The number of nitrogens with zero attached hydrogens (tertiary/aromatic N) is 2. The topological polar surface area (TPSA) is 55.9 Å². The zero-order chi connectivity index (χ0) is 15.8. The van der Waals surface area contributed by atoms with Gasteiger partial charge in [0.25, 0.3) is 0 Å². The smallest absolute Gasteiger partial charge is 0.375 e. The number of hydrogen-bond acceptors (Lipinski definition) is 3. The molecule has 21 heavy (non-hydrogen) atoms. The Hall–Kier alpha value is -1.97. The van der Waals surface area contributed by atoms with Crippen LogP contribution in [-0.2, 0) is 12.7 Å². The SMILES string of the molecule is NCc1cn(C2=CNC(C(F)(F)F)C=C2)nc1C(F)(F)F. The van der Waals surface area contributed by atoms with E-state index >= 15 is 0 Å². The molecule has 0 amide bonds. The van der Waals surface area contributed by atoms with Crippen molar-refractivity contribution in [2.24, 2.45) is 5.73 Å². The molecule has 1 unspecified atom stereocenters. The first-order valence-electron chi connectivity index (χ1n) is 5.70. The van der Waals surface area contributed by atoms with E-state index in [2.05, 4.69) is 5.10 Å². The summed E-state index contributed by atoms with van der Waals surface area (Å²) in [5.74, 6) is 0. The molecule has 1 aliphatic heterocycles. The van der Waals surface area contributed by atoms with Crippen LogP contribution in [0.4, 0.5) is 26.3 Å². The Balaban J connectivity index is 2.28. The van der Waals surface area contributed by atoms with Gasteiger partial charge in [-0.1, -0.05) is 6.08 Å². The second kappa shape index (κ2) is 5.10. The van der Waals surface area contributed by atoms with Crippen LogP contribution in [-0.4, -0.2) is 22.0 Å². The predicted molar refractivity (Wildman–Crippen MR) is 61.5 cm³/mol. The highest BCUT2D eigenvalue weighted by Gasteiger charge is 2.39. The van der Waals surface area contributed by atoms with Crippen LogP contribution in [0.25, 0.3) is 5.70 Å². The van der Waals surface area contributed by atoms with Gasteiger partial charge in [-0.05, 0) is 6.08 Å². The molecule has 0 spiro atoms. The summed E-state index contributed by atoms with van der Waals surface area (Å²) in [6.07, 6.45) is -5.34. The zero-order valence-electron chi connectivity index (χ0n) is 10.3. The lowest BCUT2D eigenvalue weighted by Crippen LogP contribution is -2.39. The summed E-state index contributed by atoms with van der Waals surface area (Å²) >= 11 is 0. The minimum atomic E-state index is -4.68. The van der Waals surface area contributed by atoms with E-state index in [0.29, 0.717) is 0 Å². The van der Waals surface area contributed by atoms with E-state index in [-0.39, 0.29) is 17.8 Å². The van der Waals surface area contributed by atoms with Gasteiger partial charge >= 0.3 is 12.4 Å². The van der Waals surface area contributed by atoms with Crippen molar-refractivity contribution in [1.82, 2.24) is 15.1 Å². The van der Waals surface area contributed by atoms with E-state index in [1.54, 1.807) is 0 Å². The van der Waals surface area contributed by atoms with Gasteiger partial charge in [0.15, 0.2) is 5.69 Å². The molecule has 0 radical (unpaired) electrons. The average Bonchev–Trinajstić information content (AvgIpc) is 2.82. The summed E-state index contributed by atoms with van der Waals surface area (Å²) in [7, 11) is 0. The van der Waals surface area contributed by atoms with Crippen LogP contribution in [0.15, 0.2) is 24.5 Å². The number of alkyl halides is 6. The monoisotopic (exact) mass is 312 g/mol. The van der Waals surface area contributed by atoms with Crippen LogP contribution in [0.2, 0.25) is 0 Å². The van der Waals surface area contributed by atoms with Crippen molar-refractivity contribution in [3.63, 3.8) is 0 Å². The molecular weight excluding hydrogens is 302 g/mol. The third-order valence-corrected chi connectivity index (χ3v) is 2.77. The van der Waals surface area contributed by atoms with Gasteiger partial charge in [-0.15, -0.1) is 0 Å². The molecule has 3 N–H and O–H groups in total. The van der Waals surface area contributed by atoms with Crippen molar-refractivity contribution in [3.05, 3.63) is 35.8 Å². The fourth-order valence-electron chi connectivity index (χ4n) is 1.75. The Morgan fingerprint density at radius 2 is 1.90 bits per heavy atom. The highest BCUT2D eigenvalue weighted by molar-refractivity contribution is 5.58. The van der Waals surface area contributed by atoms with Crippen molar-refractivity contribution in [3.8, 4) is 0 Å². The first-order chi connectivity index (χ1) is 9.63. The molecular formula is C11H10F6N4. The van der Waals surface area contributed by atoms with Crippen LogP contribution in [0.3, 0.4) is 0 Å². The number of hydrogen-bond donors (Lipinski definition) is 2. The lowest BCUT2D eigenvalue weighted by atomic mass is 10.2. The first-order valence-corrected chi connectivity index (χ1v) is 5.70. The third kappa shape index (κ3) is 3.20.